The van der Waals surface area contributed by atoms with Gasteiger partial charge in [-0.1, -0.05) is 6.07 Å². The van der Waals surface area contributed by atoms with Crippen LogP contribution >= 0.6 is 0 Å². The number of rotatable bonds is 6. The van der Waals surface area contributed by atoms with Crippen LogP contribution in [0.15, 0.2) is 54.0 Å². The monoisotopic (exact) mass is 368 g/mol. The van der Waals surface area contributed by atoms with Gasteiger partial charge < -0.3 is 5.11 Å². The zero-order chi connectivity index (χ0) is 18.6. The molecule has 1 unspecified atom stereocenters. The predicted molar refractivity (Wildman–Crippen MR) is 92.7 cm³/mol. The summed E-state index contributed by atoms with van der Waals surface area (Å²) in [5.74, 6) is 1.25. The SMILES string of the molecule is CON1NN=C(CC(O)c2nnnn2-c2ccccn2)N1c1cccnc1. The summed E-state index contributed by atoms with van der Waals surface area (Å²) < 4.78 is 1.39. The topological polar surface area (TPSA) is 130 Å². The van der Waals surface area contributed by atoms with E-state index in [4.69, 9.17) is 4.84 Å². The Morgan fingerprint density at radius 3 is 2.89 bits per heavy atom. The van der Waals surface area contributed by atoms with E-state index in [0.717, 1.165) is 0 Å². The summed E-state index contributed by atoms with van der Waals surface area (Å²) in [6.45, 7) is 0. The third kappa shape index (κ3) is 3.31. The van der Waals surface area contributed by atoms with Crippen molar-refractivity contribution < 1.29 is 9.94 Å². The van der Waals surface area contributed by atoms with Crippen LogP contribution in [-0.4, -0.2) is 53.5 Å². The van der Waals surface area contributed by atoms with Gasteiger partial charge in [0.15, 0.2) is 17.5 Å². The number of pyridine rings is 2. The molecule has 0 aliphatic carbocycles. The first kappa shape index (κ1) is 17.0. The van der Waals surface area contributed by atoms with Crippen LogP contribution in [0, 0.1) is 0 Å². The van der Waals surface area contributed by atoms with Gasteiger partial charge in [0.05, 0.1) is 19.0 Å². The van der Waals surface area contributed by atoms with Crippen LogP contribution in [0.4, 0.5) is 5.69 Å². The average molecular weight is 368 g/mol. The number of hydrogen-bond donors (Lipinski definition) is 2. The van der Waals surface area contributed by atoms with Crippen molar-refractivity contribution >= 4 is 11.5 Å². The summed E-state index contributed by atoms with van der Waals surface area (Å²) >= 11 is 0. The van der Waals surface area contributed by atoms with Gasteiger partial charge in [-0.2, -0.15) is 10.2 Å². The Hall–Kier alpha value is -3.48. The van der Waals surface area contributed by atoms with E-state index in [1.165, 1.54) is 17.1 Å². The van der Waals surface area contributed by atoms with Crippen molar-refractivity contribution in [2.45, 2.75) is 12.5 Å². The number of amidine groups is 1. The van der Waals surface area contributed by atoms with E-state index >= 15 is 0 Å². The van der Waals surface area contributed by atoms with E-state index in [1.54, 1.807) is 41.8 Å². The number of hydrazone groups is 1. The molecule has 0 radical (unpaired) electrons. The van der Waals surface area contributed by atoms with Gasteiger partial charge in [-0.25, -0.2) is 9.99 Å². The lowest BCUT2D eigenvalue weighted by atomic mass is 10.2. The van der Waals surface area contributed by atoms with Crippen LogP contribution in [-0.2, 0) is 4.84 Å². The van der Waals surface area contributed by atoms with E-state index in [9.17, 15) is 5.11 Å². The Balaban J connectivity index is 1.58. The Labute approximate surface area is 153 Å². The Bertz CT molecular complexity index is 917. The van der Waals surface area contributed by atoms with Gasteiger partial charge in [0.1, 0.15) is 6.10 Å². The number of nitrogens with one attached hydrogen (secondary N) is 1. The van der Waals surface area contributed by atoms with Gasteiger partial charge in [0.2, 0.25) is 0 Å². The molecule has 12 nitrogen and oxygen atoms in total. The van der Waals surface area contributed by atoms with Crippen molar-refractivity contribution in [2.75, 3.05) is 12.1 Å². The van der Waals surface area contributed by atoms with Crippen molar-refractivity contribution in [3.8, 4) is 5.82 Å². The maximum Gasteiger partial charge on any atom is 0.187 e. The number of hydrogen-bond acceptors (Lipinski definition) is 11. The largest absolute Gasteiger partial charge is 0.385 e. The van der Waals surface area contributed by atoms with E-state index in [2.05, 4.69) is 36.1 Å². The smallest absolute Gasteiger partial charge is 0.187 e. The molecule has 4 rings (SSSR count). The Kier molecular flexibility index (Phi) is 4.65. The fourth-order valence-electron chi connectivity index (χ4n) is 2.59. The molecule has 2 N–H and O–H groups in total. The maximum atomic E-state index is 10.7. The lowest BCUT2D eigenvalue weighted by Crippen LogP contribution is -2.45. The van der Waals surface area contributed by atoms with Gasteiger partial charge in [0.25, 0.3) is 0 Å². The summed E-state index contributed by atoms with van der Waals surface area (Å²) in [5.41, 5.74) is 3.43. The minimum atomic E-state index is -1.03. The predicted octanol–water partition coefficient (Wildman–Crippen LogP) is -0.00750. The van der Waals surface area contributed by atoms with E-state index in [0.29, 0.717) is 17.3 Å². The molecule has 27 heavy (non-hydrogen) atoms. The normalized spacial score (nSPS) is 15.5. The molecule has 0 spiro atoms. The Morgan fingerprint density at radius 2 is 2.15 bits per heavy atom. The van der Waals surface area contributed by atoms with E-state index < -0.39 is 6.10 Å². The van der Waals surface area contributed by atoms with Gasteiger partial charge in [-0.05, 0) is 34.7 Å². The number of tetrazole rings is 1. The van der Waals surface area contributed by atoms with Crippen molar-refractivity contribution in [3.63, 3.8) is 0 Å². The van der Waals surface area contributed by atoms with Crippen LogP contribution in [0.2, 0.25) is 0 Å². The van der Waals surface area contributed by atoms with Crippen molar-refractivity contribution in [2.24, 2.45) is 5.10 Å². The number of hydrazine groups is 2. The maximum absolute atomic E-state index is 10.7. The van der Waals surface area contributed by atoms with Gasteiger partial charge >= 0.3 is 0 Å². The molecule has 0 aromatic carbocycles. The molecule has 1 aliphatic rings. The third-order valence-electron chi connectivity index (χ3n) is 3.79. The molecule has 0 amide bonds. The summed E-state index contributed by atoms with van der Waals surface area (Å²) in [5, 5.41) is 29.4. The fraction of sp³-hybridized carbons (Fsp3) is 0.200. The quantitative estimate of drug-likeness (QED) is 0.613. The molecule has 1 atom stereocenters. The highest BCUT2D eigenvalue weighted by Gasteiger charge is 2.31. The average Bonchev–Trinajstić information content (AvgIpc) is 3.36. The zero-order valence-electron chi connectivity index (χ0n) is 14.3. The standard InChI is InChI=1S/C15H16N10O2/c1-27-25-21-18-14(24(25)11-5-4-7-16-10-11)9-12(26)15-19-20-22-23(15)13-6-2-3-8-17-13/h2-8,10,12,21,26H,9H2,1H3. The second-order valence-electron chi connectivity index (χ2n) is 5.46. The van der Waals surface area contributed by atoms with Crippen molar-refractivity contribution in [1.29, 1.82) is 0 Å². The molecule has 3 aromatic heterocycles. The van der Waals surface area contributed by atoms with Gasteiger partial charge in [-0.3, -0.25) is 9.82 Å². The molecule has 12 heteroatoms. The lowest BCUT2D eigenvalue weighted by Gasteiger charge is -2.26. The van der Waals surface area contributed by atoms with Crippen molar-refractivity contribution in [1.82, 2.24) is 41.0 Å². The summed E-state index contributed by atoms with van der Waals surface area (Å²) in [7, 11) is 1.49. The number of anilines is 1. The molecular weight excluding hydrogens is 352 g/mol. The van der Waals surface area contributed by atoms with E-state index in [1.807, 2.05) is 12.1 Å². The first-order valence-corrected chi connectivity index (χ1v) is 8.02. The molecule has 1 aliphatic heterocycles. The molecule has 3 aromatic rings. The summed E-state index contributed by atoms with van der Waals surface area (Å²) in [4.78, 5) is 13.5. The van der Waals surface area contributed by atoms with Gasteiger partial charge in [0, 0.05) is 24.1 Å². The van der Waals surface area contributed by atoms with Gasteiger partial charge in [-0.15, -0.1) is 10.2 Å². The highest BCUT2D eigenvalue weighted by Crippen LogP contribution is 2.24. The highest BCUT2D eigenvalue weighted by molar-refractivity contribution is 5.97. The third-order valence-corrected chi connectivity index (χ3v) is 3.79. The number of aromatic nitrogens is 6. The molecule has 0 saturated carbocycles. The number of nitrogens with zero attached hydrogens (tertiary/aromatic N) is 9. The molecular formula is C15H16N10O2. The first-order valence-electron chi connectivity index (χ1n) is 8.02. The second-order valence-corrected chi connectivity index (χ2v) is 5.46. The van der Waals surface area contributed by atoms with Crippen LogP contribution in [0.25, 0.3) is 5.82 Å². The van der Waals surface area contributed by atoms with Crippen LogP contribution in [0.3, 0.4) is 0 Å². The molecule has 0 fully saturated rings. The minimum Gasteiger partial charge on any atom is -0.385 e. The highest BCUT2D eigenvalue weighted by atomic mass is 16.8. The van der Waals surface area contributed by atoms with Crippen LogP contribution < -0.4 is 10.5 Å². The summed E-state index contributed by atoms with van der Waals surface area (Å²) in [6, 6.07) is 8.97. The zero-order valence-corrected chi connectivity index (χ0v) is 14.3. The molecule has 0 saturated heterocycles. The van der Waals surface area contributed by atoms with Crippen LogP contribution in [0.5, 0.6) is 0 Å². The fourth-order valence-corrected chi connectivity index (χ4v) is 2.59. The minimum absolute atomic E-state index is 0.120. The number of aliphatic hydroxyl groups excluding tert-OH is 1. The first-order chi connectivity index (χ1) is 13.3. The molecule has 0 bridgehead atoms. The number of aliphatic hydroxyl groups is 1. The lowest BCUT2D eigenvalue weighted by molar-refractivity contribution is -0.161. The van der Waals surface area contributed by atoms with Crippen LogP contribution in [0.1, 0.15) is 18.3 Å². The summed E-state index contributed by atoms with van der Waals surface area (Å²) in [6.07, 6.45) is 4.03. The van der Waals surface area contributed by atoms with E-state index in [-0.39, 0.29) is 12.2 Å². The molecule has 138 valence electrons. The second kappa shape index (κ2) is 7.41. The Morgan fingerprint density at radius 1 is 1.22 bits per heavy atom. The van der Waals surface area contributed by atoms with Crippen molar-refractivity contribution in [3.05, 3.63) is 54.7 Å². The molecule has 4 heterocycles.